The maximum Gasteiger partial charge on any atom is 0.193 e. The monoisotopic (exact) mass is 530 g/mol. The first-order valence-corrected chi connectivity index (χ1v) is 13.3. The van der Waals surface area contributed by atoms with Crippen molar-refractivity contribution in [3.63, 3.8) is 0 Å². The highest BCUT2D eigenvalue weighted by molar-refractivity contribution is 7.99. The molecular weight excluding hydrogens is 504 g/mol. The number of ketones is 2. The molecule has 0 atom stereocenters. The maximum absolute atomic E-state index is 12.7. The number of carbonyl (C=O) groups is 2. The van der Waals surface area contributed by atoms with Crippen LogP contribution in [0.25, 0.3) is 0 Å². The van der Waals surface area contributed by atoms with E-state index in [9.17, 15) is 9.59 Å². The predicted molar refractivity (Wildman–Crippen MR) is 155 cm³/mol. The highest BCUT2D eigenvalue weighted by atomic mass is 32.2. The predicted octanol–water partition coefficient (Wildman–Crippen LogP) is 9.16. The summed E-state index contributed by atoms with van der Waals surface area (Å²) < 4.78 is 11.9. The number of Topliss-reactive ketones (excluding diaryl/α,β-unsaturated/α-hetero) is 1. The van der Waals surface area contributed by atoms with Crippen LogP contribution in [0.3, 0.4) is 0 Å². The third-order valence-corrected chi connectivity index (χ3v) is 7.06. The van der Waals surface area contributed by atoms with Crippen molar-refractivity contribution in [3.8, 4) is 23.0 Å². The first kappa shape index (κ1) is 26.0. The van der Waals surface area contributed by atoms with E-state index in [2.05, 4.69) is 0 Å². The molecule has 5 aromatic rings. The molecular formula is C34H26O4S. The molecule has 0 amide bonds. The molecule has 5 aromatic carbocycles. The molecule has 0 aliphatic carbocycles. The van der Waals surface area contributed by atoms with Gasteiger partial charge in [0.25, 0.3) is 0 Å². The van der Waals surface area contributed by atoms with Crippen molar-refractivity contribution in [3.05, 3.63) is 144 Å². The molecule has 0 saturated carbocycles. The molecule has 5 heteroatoms. The standard InChI is InChI=1S/C34H26O4S/c1-23-3-5-26(6-4-23)34(36)27-9-13-29(14-10-27)38-31-17-21-33(22-18-31)39-32-19-15-30(16-20-32)37-28-11-7-25(8-12-28)24(2)35/h3-22H,1-2H3. The number of carbonyl (C=O) groups excluding carboxylic acids is 2. The van der Waals surface area contributed by atoms with Crippen molar-refractivity contribution in [1.29, 1.82) is 0 Å². The molecule has 0 spiro atoms. The van der Waals surface area contributed by atoms with Gasteiger partial charge in [0.05, 0.1) is 0 Å². The van der Waals surface area contributed by atoms with Crippen molar-refractivity contribution in [2.75, 3.05) is 0 Å². The summed E-state index contributed by atoms with van der Waals surface area (Å²) in [5, 5.41) is 0. The molecule has 0 unspecified atom stereocenters. The average Bonchev–Trinajstić information content (AvgIpc) is 2.96. The second-order valence-electron chi connectivity index (χ2n) is 9.05. The minimum atomic E-state index is -0.00848. The van der Waals surface area contributed by atoms with Crippen LogP contribution in [0.15, 0.2) is 131 Å². The Kier molecular flexibility index (Phi) is 7.90. The summed E-state index contributed by atoms with van der Waals surface area (Å²) in [6.07, 6.45) is 0. The number of hydrogen-bond donors (Lipinski definition) is 0. The molecule has 39 heavy (non-hydrogen) atoms. The van der Waals surface area contributed by atoms with E-state index in [-0.39, 0.29) is 11.6 Å². The molecule has 0 aromatic heterocycles. The van der Waals surface area contributed by atoms with Crippen LogP contribution in [0, 0.1) is 6.92 Å². The van der Waals surface area contributed by atoms with E-state index in [0.29, 0.717) is 28.2 Å². The van der Waals surface area contributed by atoms with Crippen molar-refractivity contribution in [2.24, 2.45) is 0 Å². The Morgan fingerprint density at radius 2 is 0.821 bits per heavy atom. The van der Waals surface area contributed by atoms with E-state index in [1.807, 2.05) is 91.9 Å². The van der Waals surface area contributed by atoms with Crippen LogP contribution in [-0.2, 0) is 0 Å². The summed E-state index contributed by atoms with van der Waals surface area (Å²) in [6.45, 7) is 3.54. The first-order chi connectivity index (χ1) is 18.9. The zero-order valence-electron chi connectivity index (χ0n) is 21.6. The number of aryl methyl sites for hydroxylation is 1. The van der Waals surface area contributed by atoms with Gasteiger partial charge in [-0.2, -0.15) is 0 Å². The second-order valence-corrected chi connectivity index (χ2v) is 10.2. The zero-order chi connectivity index (χ0) is 27.2. The molecule has 0 N–H and O–H groups in total. The van der Waals surface area contributed by atoms with Crippen LogP contribution < -0.4 is 9.47 Å². The molecule has 0 radical (unpaired) electrons. The molecule has 192 valence electrons. The smallest absolute Gasteiger partial charge is 0.193 e. The van der Waals surface area contributed by atoms with E-state index < -0.39 is 0 Å². The Morgan fingerprint density at radius 3 is 1.21 bits per heavy atom. The van der Waals surface area contributed by atoms with Crippen LogP contribution in [0.4, 0.5) is 0 Å². The van der Waals surface area contributed by atoms with Crippen LogP contribution in [0.2, 0.25) is 0 Å². The Balaban J connectivity index is 1.15. The fourth-order valence-corrected chi connectivity index (χ4v) is 4.68. The number of benzene rings is 5. The van der Waals surface area contributed by atoms with Gasteiger partial charge in [-0.05, 0) is 111 Å². The summed E-state index contributed by atoms with van der Waals surface area (Å²) in [5.74, 6) is 2.82. The van der Waals surface area contributed by atoms with Gasteiger partial charge in [-0.25, -0.2) is 0 Å². The van der Waals surface area contributed by atoms with Gasteiger partial charge >= 0.3 is 0 Å². The topological polar surface area (TPSA) is 52.6 Å². The lowest BCUT2D eigenvalue weighted by Crippen LogP contribution is -2.00. The van der Waals surface area contributed by atoms with Crippen molar-refractivity contribution in [1.82, 2.24) is 0 Å². The minimum Gasteiger partial charge on any atom is -0.457 e. The Labute approximate surface area is 232 Å². The van der Waals surface area contributed by atoms with Gasteiger partial charge < -0.3 is 9.47 Å². The van der Waals surface area contributed by atoms with E-state index in [0.717, 1.165) is 26.9 Å². The van der Waals surface area contributed by atoms with Gasteiger partial charge in [0.1, 0.15) is 23.0 Å². The summed E-state index contributed by atoms with van der Waals surface area (Å²) in [4.78, 5) is 26.3. The van der Waals surface area contributed by atoms with Gasteiger partial charge in [-0.1, -0.05) is 41.6 Å². The fourth-order valence-electron chi connectivity index (χ4n) is 3.86. The van der Waals surface area contributed by atoms with Crippen LogP contribution >= 0.6 is 11.8 Å². The molecule has 5 rings (SSSR count). The zero-order valence-corrected chi connectivity index (χ0v) is 22.4. The van der Waals surface area contributed by atoms with Gasteiger partial charge in [-0.15, -0.1) is 0 Å². The van der Waals surface area contributed by atoms with Crippen molar-refractivity contribution in [2.45, 2.75) is 23.6 Å². The molecule has 0 aliphatic rings. The summed E-state index contributed by atoms with van der Waals surface area (Å²) in [6, 6.07) is 37.6. The Morgan fingerprint density at radius 1 is 0.487 bits per heavy atom. The number of hydrogen-bond acceptors (Lipinski definition) is 5. The Hall–Kier alpha value is -4.61. The normalized spacial score (nSPS) is 10.6. The van der Waals surface area contributed by atoms with Crippen LogP contribution in [-0.4, -0.2) is 11.6 Å². The van der Waals surface area contributed by atoms with Crippen molar-refractivity contribution < 1.29 is 19.1 Å². The van der Waals surface area contributed by atoms with E-state index in [1.165, 1.54) is 0 Å². The largest absolute Gasteiger partial charge is 0.457 e. The first-order valence-electron chi connectivity index (χ1n) is 12.5. The quantitative estimate of drug-likeness (QED) is 0.178. The highest BCUT2D eigenvalue weighted by Gasteiger charge is 2.09. The summed E-state index contributed by atoms with van der Waals surface area (Å²) >= 11 is 1.64. The fraction of sp³-hybridized carbons (Fsp3) is 0.0588. The van der Waals surface area contributed by atoms with Crippen molar-refractivity contribution >= 4 is 23.3 Å². The molecule has 0 fully saturated rings. The molecule has 0 bridgehead atoms. The molecule has 0 aliphatic heterocycles. The van der Waals surface area contributed by atoms with Gasteiger partial charge in [0.15, 0.2) is 11.6 Å². The third-order valence-electron chi connectivity index (χ3n) is 6.05. The van der Waals surface area contributed by atoms with E-state index in [4.69, 9.17) is 9.47 Å². The molecule has 0 saturated heterocycles. The maximum atomic E-state index is 12.7. The Bertz CT molecular complexity index is 1570. The lowest BCUT2D eigenvalue weighted by atomic mass is 10.0. The van der Waals surface area contributed by atoms with E-state index in [1.54, 1.807) is 55.1 Å². The minimum absolute atomic E-state index is 0.00848. The lowest BCUT2D eigenvalue weighted by molar-refractivity contribution is 0.101. The van der Waals surface area contributed by atoms with Crippen LogP contribution in [0.1, 0.15) is 38.8 Å². The van der Waals surface area contributed by atoms with Gasteiger partial charge in [0, 0.05) is 26.5 Å². The van der Waals surface area contributed by atoms with Crippen LogP contribution in [0.5, 0.6) is 23.0 Å². The number of rotatable bonds is 9. The SMILES string of the molecule is CC(=O)c1ccc(Oc2ccc(Sc3ccc(Oc4ccc(C(=O)c5ccc(C)cc5)cc4)cc3)cc2)cc1. The van der Waals surface area contributed by atoms with Gasteiger partial charge in [0.2, 0.25) is 0 Å². The van der Waals surface area contributed by atoms with Gasteiger partial charge in [-0.3, -0.25) is 9.59 Å². The summed E-state index contributed by atoms with van der Waals surface area (Å²) in [5.41, 5.74) is 3.08. The average molecular weight is 531 g/mol. The van der Waals surface area contributed by atoms with E-state index >= 15 is 0 Å². The summed E-state index contributed by atoms with van der Waals surface area (Å²) in [7, 11) is 0. The lowest BCUT2D eigenvalue weighted by Gasteiger charge is -2.09. The highest BCUT2D eigenvalue weighted by Crippen LogP contribution is 2.32. The second kappa shape index (κ2) is 11.8. The third kappa shape index (κ3) is 6.83. The number of ether oxygens (including phenoxy) is 2. The molecule has 0 heterocycles. The molecule has 4 nitrogen and oxygen atoms in total.